The first-order chi connectivity index (χ1) is 22.7. The third-order valence-electron chi connectivity index (χ3n) is 8.40. The summed E-state index contributed by atoms with van der Waals surface area (Å²) in [7, 11) is 0. The average Bonchev–Trinajstić information content (AvgIpc) is 3.11. The van der Waals surface area contributed by atoms with Crippen LogP contribution < -0.4 is 0 Å². The number of fused-ring (bicyclic) bond motifs is 4. The lowest BCUT2D eigenvalue weighted by Crippen LogP contribution is -2.41. The number of hydrogen-bond donors (Lipinski definition) is 0. The third-order valence-corrected chi connectivity index (χ3v) is 8.40. The van der Waals surface area contributed by atoms with E-state index in [-0.39, 0.29) is 0 Å². The molecule has 0 aliphatic rings. The molecule has 0 fully saturated rings. The molecule has 0 aliphatic heterocycles. The van der Waals surface area contributed by atoms with E-state index in [1.165, 1.54) is 0 Å². The Kier molecular flexibility index (Phi) is 7.56. The van der Waals surface area contributed by atoms with E-state index in [0.29, 0.717) is 26.2 Å². The van der Waals surface area contributed by atoms with Gasteiger partial charge < -0.3 is 0 Å². The monoisotopic (exact) mass is 596 g/mol. The van der Waals surface area contributed by atoms with Crippen LogP contribution in [0.1, 0.15) is 22.8 Å². The molecule has 0 saturated heterocycles. The van der Waals surface area contributed by atoms with E-state index in [9.17, 15) is 0 Å². The van der Waals surface area contributed by atoms with Crippen molar-refractivity contribution in [2.24, 2.45) is 0 Å². The van der Waals surface area contributed by atoms with Gasteiger partial charge in [-0.2, -0.15) is 0 Å². The van der Waals surface area contributed by atoms with Gasteiger partial charge in [0.2, 0.25) is 0 Å². The number of rotatable bonds is 9. The first kappa shape index (κ1) is 28.0. The first-order valence-electron chi connectivity index (χ1n) is 15.6. The standard InChI is InChI=1S/C40H32N6/c1-5-13-37-29(9-1)17-21-33(41-37)25-45(26-34-22-18-30-10-2-6-14-38(30)42-34)46(27-35-23-19-31-11-3-7-15-39(31)43-35)28-36-24-20-32-12-4-8-16-40(32)44-36/h1-24H,25-28H2. The number of hydrazine groups is 1. The number of hydrogen-bond acceptors (Lipinski definition) is 6. The molecular formula is C40H32N6. The fraction of sp³-hybridized carbons (Fsp3) is 0.100. The molecule has 0 radical (unpaired) electrons. The number of para-hydroxylation sites is 4. The normalized spacial score (nSPS) is 11.8. The highest BCUT2D eigenvalue weighted by Crippen LogP contribution is 2.22. The quantitative estimate of drug-likeness (QED) is 0.156. The molecule has 0 N–H and O–H groups in total. The molecule has 46 heavy (non-hydrogen) atoms. The molecule has 0 aliphatic carbocycles. The van der Waals surface area contributed by atoms with Crippen molar-refractivity contribution in [1.82, 2.24) is 30.0 Å². The zero-order chi connectivity index (χ0) is 30.7. The summed E-state index contributed by atoms with van der Waals surface area (Å²) in [5, 5.41) is 9.22. The molecule has 0 saturated carbocycles. The van der Waals surface area contributed by atoms with Gasteiger partial charge in [-0.1, -0.05) is 97.1 Å². The number of aromatic nitrogens is 4. The van der Waals surface area contributed by atoms with Crippen LogP contribution in [0.4, 0.5) is 0 Å². The van der Waals surface area contributed by atoms with Gasteiger partial charge in [0.05, 0.1) is 71.0 Å². The molecule has 0 bridgehead atoms. The zero-order valence-corrected chi connectivity index (χ0v) is 25.4. The van der Waals surface area contributed by atoms with E-state index in [2.05, 4.69) is 131 Å². The summed E-state index contributed by atoms with van der Waals surface area (Å²) in [4.78, 5) is 20.3. The van der Waals surface area contributed by atoms with Crippen molar-refractivity contribution in [2.75, 3.05) is 0 Å². The third kappa shape index (κ3) is 6.04. The van der Waals surface area contributed by atoms with Gasteiger partial charge in [-0.3, -0.25) is 19.9 Å². The summed E-state index contributed by atoms with van der Waals surface area (Å²) >= 11 is 0. The van der Waals surface area contributed by atoms with Crippen molar-refractivity contribution in [3.63, 3.8) is 0 Å². The van der Waals surface area contributed by atoms with Crippen LogP contribution in [-0.4, -0.2) is 30.0 Å². The molecule has 4 aromatic heterocycles. The van der Waals surface area contributed by atoms with Gasteiger partial charge in [-0.25, -0.2) is 10.0 Å². The van der Waals surface area contributed by atoms with Crippen molar-refractivity contribution in [2.45, 2.75) is 26.2 Å². The van der Waals surface area contributed by atoms with Crippen LogP contribution in [0.5, 0.6) is 0 Å². The molecule has 6 heteroatoms. The van der Waals surface area contributed by atoms with Crippen LogP contribution in [-0.2, 0) is 26.2 Å². The minimum absolute atomic E-state index is 0.598. The summed E-state index contributed by atoms with van der Waals surface area (Å²) in [5.74, 6) is 0. The van der Waals surface area contributed by atoms with E-state index in [1.807, 2.05) is 24.3 Å². The zero-order valence-electron chi connectivity index (χ0n) is 25.4. The molecule has 6 nitrogen and oxygen atoms in total. The van der Waals surface area contributed by atoms with E-state index < -0.39 is 0 Å². The summed E-state index contributed by atoms with van der Waals surface area (Å²) in [5.41, 5.74) is 7.91. The molecule has 8 aromatic rings. The highest BCUT2D eigenvalue weighted by Gasteiger charge is 2.21. The first-order valence-corrected chi connectivity index (χ1v) is 15.6. The van der Waals surface area contributed by atoms with E-state index in [1.54, 1.807) is 0 Å². The van der Waals surface area contributed by atoms with Crippen molar-refractivity contribution in [1.29, 1.82) is 0 Å². The predicted octanol–water partition coefficient (Wildman–Crippen LogP) is 8.50. The lowest BCUT2D eigenvalue weighted by molar-refractivity contribution is -0.0604. The summed E-state index contributed by atoms with van der Waals surface area (Å²) in [6.07, 6.45) is 0. The molecule has 8 rings (SSSR count). The fourth-order valence-electron chi connectivity index (χ4n) is 6.04. The Hall–Kier alpha value is -5.56. The molecule has 0 amide bonds. The largest absolute Gasteiger partial charge is 0.251 e. The second-order valence-corrected chi connectivity index (χ2v) is 11.6. The predicted molar refractivity (Wildman–Crippen MR) is 185 cm³/mol. The van der Waals surface area contributed by atoms with Gasteiger partial charge in [0.15, 0.2) is 0 Å². The van der Waals surface area contributed by atoms with Crippen LogP contribution in [0.2, 0.25) is 0 Å². The molecular weight excluding hydrogens is 564 g/mol. The fourth-order valence-corrected chi connectivity index (χ4v) is 6.04. The molecule has 4 aromatic carbocycles. The highest BCUT2D eigenvalue weighted by molar-refractivity contribution is 5.80. The lowest BCUT2D eigenvalue weighted by Gasteiger charge is -2.34. The molecule has 222 valence electrons. The second-order valence-electron chi connectivity index (χ2n) is 11.6. The van der Waals surface area contributed by atoms with E-state index in [4.69, 9.17) is 19.9 Å². The van der Waals surface area contributed by atoms with Gasteiger partial charge in [0.25, 0.3) is 0 Å². The maximum absolute atomic E-state index is 5.06. The van der Waals surface area contributed by atoms with Crippen LogP contribution in [0.15, 0.2) is 146 Å². The van der Waals surface area contributed by atoms with E-state index in [0.717, 1.165) is 66.4 Å². The van der Waals surface area contributed by atoms with Crippen LogP contribution in [0, 0.1) is 0 Å². The number of pyridine rings is 4. The SMILES string of the molecule is c1ccc2nc(CN(Cc3ccc4ccccc4n3)N(Cc3ccc4ccccc4n3)Cc3ccc4ccccc4n3)ccc2c1. The van der Waals surface area contributed by atoms with Crippen molar-refractivity contribution >= 4 is 43.6 Å². The Bertz CT molecular complexity index is 1990. The smallest absolute Gasteiger partial charge is 0.0705 e. The second kappa shape index (κ2) is 12.4. The van der Waals surface area contributed by atoms with Gasteiger partial charge in [-0.15, -0.1) is 0 Å². The molecule has 0 atom stereocenters. The van der Waals surface area contributed by atoms with Crippen molar-refractivity contribution in [3.05, 3.63) is 168 Å². The minimum atomic E-state index is 0.598. The Morgan fingerprint density at radius 3 is 0.783 bits per heavy atom. The van der Waals surface area contributed by atoms with Gasteiger partial charge in [0.1, 0.15) is 0 Å². The van der Waals surface area contributed by atoms with E-state index >= 15 is 0 Å². The summed E-state index contributed by atoms with van der Waals surface area (Å²) in [6.45, 7) is 2.39. The Balaban J connectivity index is 1.21. The van der Waals surface area contributed by atoms with Crippen molar-refractivity contribution in [3.8, 4) is 0 Å². The Morgan fingerprint density at radius 2 is 0.522 bits per heavy atom. The maximum Gasteiger partial charge on any atom is 0.0705 e. The Morgan fingerprint density at radius 1 is 0.283 bits per heavy atom. The van der Waals surface area contributed by atoms with Crippen LogP contribution in [0.25, 0.3) is 43.6 Å². The minimum Gasteiger partial charge on any atom is -0.251 e. The van der Waals surface area contributed by atoms with Gasteiger partial charge in [0, 0.05) is 21.5 Å². The summed E-state index contributed by atoms with van der Waals surface area (Å²) in [6, 6.07) is 50.2. The molecule has 0 spiro atoms. The number of nitrogens with zero attached hydrogens (tertiary/aromatic N) is 6. The van der Waals surface area contributed by atoms with Gasteiger partial charge in [-0.05, 0) is 48.5 Å². The van der Waals surface area contributed by atoms with Crippen LogP contribution >= 0.6 is 0 Å². The Labute approximate surface area is 267 Å². The molecule has 0 unspecified atom stereocenters. The average molecular weight is 597 g/mol. The maximum atomic E-state index is 5.06. The highest BCUT2D eigenvalue weighted by atomic mass is 15.6. The summed E-state index contributed by atoms with van der Waals surface area (Å²) < 4.78 is 0. The lowest BCUT2D eigenvalue weighted by atomic mass is 10.2. The van der Waals surface area contributed by atoms with Crippen molar-refractivity contribution < 1.29 is 0 Å². The topological polar surface area (TPSA) is 58.0 Å². The van der Waals surface area contributed by atoms with Gasteiger partial charge >= 0.3 is 0 Å². The van der Waals surface area contributed by atoms with Crippen LogP contribution in [0.3, 0.4) is 0 Å². The molecule has 4 heterocycles. The number of benzene rings is 4.